The Bertz CT molecular complexity index is 870. The van der Waals surface area contributed by atoms with E-state index in [0.717, 1.165) is 31.5 Å². The molecule has 38 heavy (non-hydrogen) atoms. The smallest absolute Gasteiger partial charge is 0.475 e. The van der Waals surface area contributed by atoms with E-state index in [1.807, 2.05) is 0 Å². The Morgan fingerprint density at radius 1 is 1.05 bits per heavy atom. The number of likely N-dealkylation sites (tertiary alicyclic amines) is 1. The van der Waals surface area contributed by atoms with Gasteiger partial charge in [-0.1, -0.05) is 30.3 Å². The number of benzene rings is 1. The summed E-state index contributed by atoms with van der Waals surface area (Å²) in [7, 11) is 2.30. The maximum absolute atomic E-state index is 10.6. The molecule has 216 valence electrons. The van der Waals surface area contributed by atoms with Crippen LogP contribution in [0.1, 0.15) is 37.7 Å². The van der Waals surface area contributed by atoms with Crippen molar-refractivity contribution in [2.45, 2.75) is 62.5 Å². The van der Waals surface area contributed by atoms with E-state index in [1.54, 1.807) is 0 Å². The molecule has 1 aliphatic carbocycles. The second kappa shape index (κ2) is 13.6. The fraction of sp³-hybridized carbons (Fsp3) is 0.680. The van der Waals surface area contributed by atoms with Crippen LogP contribution in [-0.4, -0.2) is 95.8 Å². The molecule has 7 nitrogen and oxygen atoms in total. The van der Waals surface area contributed by atoms with Crippen molar-refractivity contribution in [1.82, 2.24) is 9.80 Å². The summed E-state index contributed by atoms with van der Waals surface area (Å²) in [5, 5.41) is 14.2. The van der Waals surface area contributed by atoms with Crippen molar-refractivity contribution in [2.75, 3.05) is 39.8 Å². The standard InChI is InChI=1S/C21H32N2O.2C2HF3O2/c1-22(20-8-9-20)15-19-14-21(24-16-19)11-5-12-23(17-21)13-10-18-6-3-2-4-7-18;2*3-2(4,5)1(6)7/h2-4,6-7,19-20H,5,8-17H2,1H3;2*(H,6,7). The number of aliphatic carboxylic acids is 2. The lowest BCUT2D eigenvalue weighted by Gasteiger charge is -2.40. The third-order valence-corrected chi connectivity index (χ3v) is 6.67. The van der Waals surface area contributed by atoms with Crippen LogP contribution < -0.4 is 0 Å². The van der Waals surface area contributed by atoms with Crippen LogP contribution in [0.2, 0.25) is 0 Å². The number of hydrogen-bond donors (Lipinski definition) is 2. The summed E-state index contributed by atoms with van der Waals surface area (Å²) >= 11 is 0. The van der Waals surface area contributed by atoms with Gasteiger partial charge in [0, 0.05) is 25.7 Å². The number of rotatable bonds is 6. The van der Waals surface area contributed by atoms with Gasteiger partial charge in [-0.2, -0.15) is 26.3 Å². The number of piperidine rings is 1. The minimum atomic E-state index is -5.08. The van der Waals surface area contributed by atoms with Crippen LogP contribution in [-0.2, 0) is 20.7 Å². The first-order chi connectivity index (χ1) is 17.6. The van der Waals surface area contributed by atoms with Gasteiger partial charge in [0.05, 0.1) is 12.2 Å². The van der Waals surface area contributed by atoms with Gasteiger partial charge < -0.3 is 24.7 Å². The van der Waals surface area contributed by atoms with Crippen molar-refractivity contribution in [1.29, 1.82) is 0 Å². The molecule has 0 bridgehead atoms. The maximum atomic E-state index is 10.6. The number of carboxylic acid groups (broad SMARTS) is 2. The summed E-state index contributed by atoms with van der Waals surface area (Å²) in [5.74, 6) is -4.77. The molecule has 0 aromatic heterocycles. The normalized spacial score (nSPS) is 23.8. The quantitative estimate of drug-likeness (QED) is 0.500. The maximum Gasteiger partial charge on any atom is 0.490 e. The molecule has 2 unspecified atom stereocenters. The lowest BCUT2D eigenvalue weighted by molar-refractivity contribution is -0.193. The van der Waals surface area contributed by atoms with Gasteiger partial charge >= 0.3 is 24.3 Å². The summed E-state index contributed by atoms with van der Waals surface area (Å²) in [6.45, 7) is 5.76. The summed E-state index contributed by atoms with van der Waals surface area (Å²) in [6.07, 6.45) is -2.37. The predicted molar refractivity (Wildman–Crippen MR) is 126 cm³/mol. The molecule has 2 aliphatic heterocycles. The highest BCUT2D eigenvalue weighted by Crippen LogP contribution is 2.38. The molecule has 1 spiro atoms. The molecule has 2 heterocycles. The summed E-state index contributed by atoms with van der Waals surface area (Å²) in [5.41, 5.74) is 1.61. The van der Waals surface area contributed by atoms with E-state index in [0.29, 0.717) is 0 Å². The average Bonchev–Trinajstić information content (AvgIpc) is 3.62. The van der Waals surface area contributed by atoms with Gasteiger partial charge in [-0.15, -0.1) is 0 Å². The third-order valence-electron chi connectivity index (χ3n) is 6.67. The van der Waals surface area contributed by atoms with Crippen LogP contribution in [0.4, 0.5) is 26.3 Å². The molecular formula is C25H34F6N2O5. The molecule has 2 N–H and O–H groups in total. The van der Waals surface area contributed by atoms with E-state index in [4.69, 9.17) is 24.5 Å². The average molecular weight is 557 g/mol. The van der Waals surface area contributed by atoms with E-state index < -0.39 is 24.3 Å². The van der Waals surface area contributed by atoms with E-state index in [1.165, 1.54) is 57.3 Å². The lowest BCUT2D eigenvalue weighted by atomic mass is 9.86. The zero-order valence-corrected chi connectivity index (χ0v) is 21.1. The zero-order valence-electron chi connectivity index (χ0n) is 21.1. The van der Waals surface area contributed by atoms with Gasteiger partial charge in [0.2, 0.25) is 0 Å². The molecule has 4 rings (SSSR count). The van der Waals surface area contributed by atoms with Gasteiger partial charge in [-0.05, 0) is 63.6 Å². The SMILES string of the molecule is CN(CC1COC2(CCCN(CCc3ccccc3)C2)C1)C1CC1.O=C(O)C(F)(F)F.O=C(O)C(F)(F)F. The number of carbonyl (C=O) groups is 2. The van der Waals surface area contributed by atoms with Crippen molar-refractivity contribution in [2.24, 2.45) is 5.92 Å². The molecule has 1 aromatic rings. The molecular weight excluding hydrogens is 522 g/mol. The molecule has 2 atom stereocenters. The van der Waals surface area contributed by atoms with Crippen LogP contribution in [0.15, 0.2) is 30.3 Å². The van der Waals surface area contributed by atoms with Crippen molar-refractivity contribution in [3.05, 3.63) is 35.9 Å². The number of ether oxygens (including phenoxy) is 1. The van der Waals surface area contributed by atoms with Crippen molar-refractivity contribution in [3.63, 3.8) is 0 Å². The van der Waals surface area contributed by atoms with Crippen LogP contribution in [0.5, 0.6) is 0 Å². The zero-order chi connectivity index (χ0) is 28.6. The minimum Gasteiger partial charge on any atom is -0.475 e. The Hall–Kier alpha value is -2.38. The first-order valence-electron chi connectivity index (χ1n) is 12.3. The molecule has 0 amide bonds. The second-order valence-electron chi connectivity index (χ2n) is 9.96. The van der Waals surface area contributed by atoms with Crippen molar-refractivity contribution in [3.8, 4) is 0 Å². The second-order valence-corrected chi connectivity index (χ2v) is 9.96. The summed E-state index contributed by atoms with van der Waals surface area (Å²) in [6, 6.07) is 11.8. The summed E-state index contributed by atoms with van der Waals surface area (Å²) in [4.78, 5) is 23.0. The number of hydrogen-bond acceptors (Lipinski definition) is 5. The van der Waals surface area contributed by atoms with Crippen molar-refractivity contribution < 1.29 is 50.9 Å². The van der Waals surface area contributed by atoms with Crippen LogP contribution >= 0.6 is 0 Å². The largest absolute Gasteiger partial charge is 0.490 e. The van der Waals surface area contributed by atoms with Crippen LogP contribution in [0.25, 0.3) is 0 Å². The number of nitrogens with zero attached hydrogens (tertiary/aromatic N) is 2. The Labute approximate surface area is 217 Å². The van der Waals surface area contributed by atoms with E-state index in [-0.39, 0.29) is 5.60 Å². The molecule has 1 aromatic carbocycles. The predicted octanol–water partition coefficient (Wildman–Crippen LogP) is 4.46. The first-order valence-corrected chi connectivity index (χ1v) is 12.3. The Kier molecular flexibility index (Phi) is 11.4. The molecule has 1 saturated carbocycles. The fourth-order valence-corrected chi connectivity index (χ4v) is 4.73. The molecule has 2 saturated heterocycles. The van der Waals surface area contributed by atoms with Gasteiger partial charge in [0.25, 0.3) is 0 Å². The van der Waals surface area contributed by atoms with Gasteiger partial charge in [-0.3, -0.25) is 0 Å². The third kappa shape index (κ3) is 11.2. The highest BCUT2D eigenvalue weighted by atomic mass is 19.4. The molecule has 3 aliphatic rings. The first kappa shape index (κ1) is 31.8. The monoisotopic (exact) mass is 556 g/mol. The van der Waals surface area contributed by atoms with Gasteiger partial charge in [-0.25, -0.2) is 9.59 Å². The lowest BCUT2D eigenvalue weighted by Crippen LogP contribution is -2.48. The van der Waals surface area contributed by atoms with E-state index in [9.17, 15) is 26.3 Å². The Morgan fingerprint density at radius 3 is 2.11 bits per heavy atom. The van der Waals surface area contributed by atoms with E-state index >= 15 is 0 Å². The summed E-state index contributed by atoms with van der Waals surface area (Å²) < 4.78 is 69.9. The van der Waals surface area contributed by atoms with Crippen LogP contribution in [0.3, 0.4) is 0 Å². The molecule has 0 radical (unpaired) electrons. The highest BCUT2D eigenvalue weighted by molar-refractivity contribution is 5.73. The topological polar surface area (TPSA) is 90.3 Å². The van der Waals surface area contributed by atoms with Gasteiger partial charge in [0.1, 0.15) is 0 Å². The number of alkyl halides is 6. The highest BCUT2D eigenvalue weighted by Gasteiger charge is 2.44. The number of carboxylic acids is 2. The van der Waals surface area contributed by atoms with Gasteiger partial charge in [0.15, 0.2) is 0 Å². The molecule has 3 fully saturated rings. The minimum absolute atomic E-state index is 0.157. The van der Waals surface area contributed by atoms with E-state index in [2.05, 4.69) is 47.2 Å². The number of halogens is 6. The Balaban J connectivity index is 0.000000301. The van der Waals surface area contributed by atoms with Crippen molar-refractivity contribution >= 4 is 11.9 Å². The fourth-order valence-electron chi connectivity index (χ4n) is 4.73. The molecule has 13 heteroatoms. The van der Waals surface area contributed by atoms with Crippen LogP contribution in [0, 0.1) is 5.92 Å². The Morgan fingerprint density at radius 2 is 1.61 bits per heavy atom.